The number of benzene rings is 2. The molecule has 22 heavy (non-hydrogen) atoms. The molecule has 0 spiro atoms. The lowest BCUT2D eigenvalue weighted by molar-refractivity contribution is 0.133. The molecule has 0 fully saturated rings. The van der Waals surface area contributed by atoms with E-state index in [1.807, 2.05) is 24.3 Å². The first-order valence-electron chi connectivity index (χ1n) is 7.49. The van der Waals surface area contributed by atoms with Gasteiger partial charge in [-0.05, 0) is 61.7 Å². The summed E-state index contributed by atoms with van der Waals surface area (Å²) in [4.78, 5) is 0. The number of hydrogen-bond acceptors (Lipinski definition) is 2. The number of fused-ring (bicyclic) bond motifs is 1. The lowest BCUT2D eigenvalue weighted by atomic mass is 10.0. The molecule has 0 aliphatic heterocycles. The fourth-order valence-electron chi connectivity index (χ4n) is 2.09. The van der Waals surface area contributed by atoms with Crippen LogP contribution in [0.25, 0.3) is 22.9 Å². The molecule has 2 aromatic rings. The van der Waals surface area contributed by atoms with Crippen LogP contribution in [0.5, 0.6) is 0 Å². The number of hydrogen-bond donors (Lipinski definition) is 2. The minimum absolute atomic E-state index is 0.805. The highest BCUT2D eigenvalue weighted by Gasteiger charge is 2.07. The maximum Gasteiger partial charge on any atom is 0.0774 e. The summed E-state index contributed by atoms with van der Waals surface area (Å²) in [7, 11) is 0. The first-order valence-corrected chi connectivity index (χ1v) is 7.49. The molecular weight excluding hydrogens is 272 g/mol. The number of aliphatic hydroxyl groups is 2. The summed E-state index contributed by atoms with van der Waals surface area (Å²) in [6.07, 6.45) is 7.44. The zero-order valence-electron chi connectivity index (χ0n) is 13.7. The van der Waals surface area contributed by atoms with Gasteiger partial charge in [0, 0.05) is 0 Å². The molecule has 0 atom stereocenters. The Bertz CT molecular complexity index is 647. The van der Waals surface area contributed by atoms with Crippen LogP contribution in [-0.4, -0.2) is 21.4 Å². The molecule has 0 bridgehead atoms. The molecule has 0 saturated heterocycles. The van der Waals surface area contributed by atoms with E-state index in [2.05, 4.69) is 24.3 Å². The van der Waals surface area contributed by atoms with Crippen molar-refractivity contribution >= 4 is 22.9 Å². The van der Waals surface area contributed by atoms with Gasteiger partial charge >= 0.3 is 0 Å². The maximum atomic E-state index is 9.74. The highest BCUT2D eigenvalue weighted by molar-refractivity contribution is 5.86. The molecule has 2 rings (SSSR count). The van der Waals surface area contributed by atoms with Crippen LogP contribution in [0.15, 0.2) is 48.6 Å². The average molecular weight is 296 g/mol. The van der Waals surface area contributed by atoms with E-state index in [0.29, 0.717) is 0 Å². The first kappa shape index (κ1) is 16.5. The minimum atomic E-state index is -0.805. The second-order valence-corrected chi connectivity index (χ2v) is 6.84. The van der Waals surface area contributed by atoms with Gasteiger partial charge in [-0.1, -0.05) is 48.6 Å². The van der Waals surface area contributed by atoms with E-state index in [1.165, 1.54) is 0 Å². The summed E-state index contributed by atoms with van der Waals surface area (Å²) in [6.45, 7) is 7.02. The molecule has 116 valence electrons. The Hall–Kier alpha value is -1.90. The lowest BCUT2D eigenvalue weighted by Gasteiger charge is -2.11. The van der Waals surface area contributed by atoms with Gasteiger partial charge in [0.05, 0.1) is 11.2 Å². The normalized spacial score (nSPS) is 13.5. The Kier molecular flexibility index (Phi) is 4.55. The van der Waals surface area contributed by atoms with E-state index in [0.717, 1.165) is 21.9 Å². The second-order valence-electron chi connectivity index (χ2n) is 6.84. The van der Waals surface area contributed by atoms with Gasteiger partial charge in [0.25, 0.3) is 0 Å². The summed E-state index contributed by atoms with van der Waals surface area (Å²) < 4.78 is 0. The summed E-state index contributed by atoms with van der Waals surface area (Å²) in [6, 6.07) is 12.4. The van der Waals surface area contributed by atoms with Gasteiger partial charge in [0.2, 0.25) is 0 Å². The molecule has 0 radical (unpaired) electrons. The van der Waals surface area contributed by atoms with Crippen molar-refractivity contribution in [2.24, 2.45) is 0 Å². The van der Waals surface area contributed by atoms with Crippen molar-refractivity contribution in [2.75, 3.05) is 0 Å². The Balaban J connectivity index is 2.29. The van der Waals surface area contributed by atoms with Gasteiger partial charge in [0.1, 0.15) is 0 Å². The predicted octanol–water partition coefficient (Wildman–Crippen LogP) is 4.41. The Morgan fingerprint density at radius 1 is 0.682 bits per heavy atom. The van der Waals surface area contributed by atoms with Crippen LogP contribution in [-0.2, 0) is 0 Å². The zero-order chi connectivity index (χ0) is 16.4. The molecule has 0 aliphatic carbocycles. The molecule has 0 unspecified atom stereocenters. The Morgan fingerprint density at radius 3 is 1.36 bits per heavy atom. The molecule has 0 aliphatic rings. The molecule has 0 saturated carbocycles. The molecular formula is C20H24O2. The van der Waals surface area contributed by atoms with Crippen LogP contribution in [0, 0.1) is 0 Å². The van der Waals surface area contributed by atoms with Crippen molar-refractivity contribution in [3.63, 3.8) is 0 Å². The molecule has 0 amide bonds. The summed E-state index contributed by atoms with van der Waals surface area (Å²) in [5, 5.41) is 21.8. The number of rotatable bonds is 4. The quantitative estimate of drug-likeness (QED) is 0.877. The van der Waals surface area contributed by atoms with Gasteiger partial charge in [-0.25, -0.2) is 0 Å². The minimum Gasteiger partial charge on any atom is -0.386 e. The molecule has 0 aromatic heterocycles. The van der Waals surface area contributed by atoms with Crippen LogP contribution < -0.4 is 0 Å². The van der Waals surface area contributed by atoms with E-state index >= 15 is 0 Å². The zero-order valence-corrected chi connectivity index (χ0v) is 13.7. The van der Waals surface area contributed by atoms with Crippen LogP contribution in [0.2, 0.25) is 0 Å². The summed E-state index contributed by atoms with van der Waals surface area (Å²) in [5.41, 5.74) is 0.519. The van der Waals surface area contributed by atoms with Crippen molar-refractivity contribution in [2.45, 2.75) is 38.9 Å². The third kappa shape index (κ3) is 5.14. The Labute approximate surface area is 132 Å². The third-order valence-corrected chi connectivity index (χ3v) is 3.26. The van der Waals surface area contributed by atoms with E-state index in [4.69, 9.17) is 0 Å². The SMILES string of the molecule is CC(C)(O)/C=C/c1ccc2cc(/C=C/C(C)(C)O)ccc2c1. The van der Waals surface area contributed by atoms with Gasteiger partial charge in [-0.2, -0.15) is 0 Å². The van der Waals surface area contributed by atoms with Gasteiger partial charge < -0.3 is 10.2 Å². The average Bonchev–Trinajstić information content (AvgIpc) is 2.41. The molecule has 0 heterocycles. The molecule has 2 aromatic carbocycles. The van der Waals surface area contributed by atoms with Crippen molar-refractivity contribution in [3.05, 3.63) is 59.7 Å². The van der Waals surface area contributed by atoms with Crippen LogP contribution >= 0.6 is 0 Å². The summed E-state index contributed by atoms with van der Waals surface area (Å²) >= 11 is 0. The summed E-state index contributed by atoms with van der Waals surface area (Å²) in [5.74, 6) is 0. The van der Waals surface area contributed by atoms with Gasteiger partial charge in [-0.15, -0.1) is 0 Å². The van der Waals surface area contributed by atoms with Crippen molar-refractivity contribution < 1.29 is 10.2 Å². The van der Waals surface area contributed by atoms with Crippen molar-refractivity contribution in [3.8, 4) is 0 Å². The van der Waals surface area contributed by atoms with Crippen LogP contribution in [0.4, 0.5) is 0 Å². The standard InChI is InChI=1S/C20H24O2/c1-19(2,21)11-9-15-5-7-18-14-16(6-8-17(18)13-15)10-12-20(3,4)22/h5-14,21-22H,1-4H3/b11-9+,12-10+. The van der Waals surface area contributed by atoms with Gasteiger partial charge in [-0.3, -0.25) is 0 Å². The van der Waals surface area contributed by atoms with E-state index in [-0.39, 0.29) is 0 Å². The fourth-order valence-corrected chi connectivity index (χ4v) is 2.09. The lowest BCUT2D eigenvalue weighted by Crippen LogP contribution is -2.13. The first-order chi connectivity index (χ1) is 10.1. The van der Waals surface area contributed by atoms with Crippen LogP contribution in [0.3, 0.4) is 0 Å². The van der Waals surface area contributed by atoms with E-state index in [1.54, 1.807) is 39.8 Å². The maximum absolute atomic E-state index is 9.74. The molecule has 2 heteroatoms. The molecule has 2 nitrogen and oxygen atoms in total. The second kappa shape index (κ2) is 6.07. The van der Waals surface area contributed by atoms with Gasteiger partial charge in [0.15, 0.2) is 0 Å². The van der Waals surface area contributed by atoms with Crippen molar-refractivity contribution in [1.29, 1.82) is 0 Å². The predicted molar refractivity (Wildman–Crippen MR) is 94.6 cm³/mol. The monoisotopic (exact) mass is 296 g/mol. The van der Waals surface area contributed by atoms with E-state index in [9.17, 15) is 10.2 Å². The van der Waals surface area contributed by atoms with E-state index < -0.39 is 11.2 Å². The topological polar surface area (TPSA) is 40.5 Å². The smallest absolute Gasteiger partial charge is 0.0774 e. The third-order valence-electron chi connectivity index (χ3n) is 3.26. The fraction of sp³-hybridized carbons (Fsp3) is 0.300. The Morgan fingerprint density at radius 2 is 1.05 bits per heavy atom. The highest BCUT2D eigenvalue weighted by Crippen LogP contribution is 2.21. The van der Waals surface area contributed by atoms with Crippen molar-refractivity contribution in [1.82, 2.24) is 0 Å². The molecule has 2 N–H and O–H groups in total. The largest absolute Gasteiger partial charge is 0.386 e. The van der Waals surface area contributed by atoms with Crippen LogP contribution in [0.1, 0.15) is 38.8 Å². The highest BCUT2D eigenvalue weighted by atomic mass is 16.3.